The molecule has 1 saturated heterocycles. The molecular weight excluding hydrogens is 424 g/mol. The van der Waals surface area contributed by atoms with Gasteiger partial charge in [0.1, 0.15) is 5.75 Å². The van der Waals surface area contributed by atoms with E-state index in [1.807, 2.05) is 0 Å². The van der Waals surface area contributed by atoms with Crippen LogP contribution in [0, 0.1) is 29.1 Å². The van der Waals surface area contributed by atoms with Crippen LogP contribution in [0.4, 0.5) is 0 Å². The third kappa shape index (κ3) is 3.96. The second-order valence-corrected chi connectivity index (χ2v) is 12.8. The van der Waals surface area contributed by atoms with Gasteiger partial charge >= 0.3 is 0 Å². The normalized spacial score (nSPS) is 33.8. The van der Waals surface area contributed by atoms with Gasteiger partial charge in [0, 0.05) is 25.0 Å². The van der Waals surface area contributed by atoms with Crippen LogP contribution in [0.25, 0.3) is 0 Å². The van der Waals surface area contributed by atoms with Crippen molar-refractivity contribution in [1.82, 2.24) is 9.62 Å². The van der Waals surface area contributed by atoms with Gasteiger partial charge < -0.3 is 10.1 Å². The average molecular weight is 461 g/mol. The molecular formula is C25H36N2O4S. The van der Waals surface area contributed by atoms with Gasteiger partial charge in [-0.1, -0.05) is 0 Å². The van der Waals surface area contributed by atoms with Gasteiger partial charge in [0.2, 0.25) is 15.9 Å². The van der Waals surface area contributed by atoms with E-state index in [-0.39, 0.29) is 22.8 Å². The molecule has 1 N–H and O–H groups in total. The van der Waals surface area contributed by atoms with Gasteiger partial charge in [0.25, 0.3) is 0 Å². The molecule has 0 spiro atoms. The molecule has 6 rings (SSSR count). The maximum Gasteiger partial charge on any atom is 0.243 e. The molecule has 32 heavy (non-hydrogen) atoms. The highest BCUT2D eigenvalue weighted by molar-refractivity contribution is 7.89. The van der Waals surface area contributed by atoms with Gasteiger partial charge in [-0.2, -0.15) is 4.31 Å². The fraction of sp³-hybridized carbons (Fsp3) is 0.720. The van der Waals surface area contributed by atoms with Crippen LogP contribution in [0.5, 0.6) is 5.75 Å². The molecule has 4 aliphatic carbocycles. The number of nitrogens with one attached hydrogen (secondary N) is 1. The largest absolute Gasteiger partial charge is 0.497 e. The van der Waals surface area contributed by atoms with E-state index in [0.29, 0.717) is 37.1 Å². The highest BCUT2D eigenvalue weighted by atomic mass is 32.2. The second-order valence-electron chi connectivity index (χ2n) is 10.9. The van der Waals surface area contributed by atoms with Crippen LogP contribution >= 0.6 is 0 Å². The van der Waals surface area contributed by atoms with E-state index in [9.17, 15) is 13.2 Å². The summed E-state index contributed by atoms with van der Waals surface area (Å²) in [5.41, 5.74) is 0.294. The zero-order valence-electron chi connectivity index (χ0n) is 19.3. The molecule has 176 valence electrons. The quantitative estimate of drug-likeness (QED) is 0.700. The first-order chi connectivity index (χ1) is 15.3. The number of methoxy groups -OCH3 is 1. The number of nitrogens with zero attached hydrogens (tertiary/aromatic N) is 1. The molecule has 1 heterocycles. The second kappa shape index (κ2) is 8.32. The maximum atomic E-state index is 13.1. The van der Waals surface area contributed by atoms with E-state index >= 15 is 0 Å². The molecule has 1 aromatic rings. The molecule has 7 heteroatoms. The number of sulfonamides is 1. The number of piperidine rings is 1. The van der Waals surface area contributed by atoms with E-state index in [4.69, 9.17) is 4.74 Å². The van der Waals surface area contributed by atoms with Crippen molar-refractivity contribution in [1.29, 1.82) is 0 Å². The summed E-state index contributed by atoms with van der Waals surface area (Å²) in [6.45, 7) is 2.99. The molecule has 1 atom stereocenters. The van der Waals surface area contributed by atoms with Crippen LogP contribution in [-0.4, -0.2) is 44.9 Å². The number of carbonyl (C=O) groups is 1. The van der Waals surface area contributed by atoms with Gasteiger partial charge in [-0.15, -0.1) is 0 Å². The lowest BCUT2D eigenvalue weighted by Gasteiger charge is -2.59. The summed E-state index contributed by atoms with van der Waals surface area (Å²) in [4.78, 5) is 13.4. The zero-order valence-corrected chi connectivity index (χ0v) is 20.1. The van der Waals surface area contributed by atoms with Crippen LogP contribution in [0.2, 0.25) is 0 Å². The van der Waals surface area contributed by atoms with E-state index in [0.717, 1.165) is 17.8 Å². The standard InChI is InChI=1S/C25H36N2O4S/c1-17(25-14-18-11-19(15-25)13-20(12-18)16-25)26-24(28)21-7-9-27(10-8-21)32(29,30)23-5-3-22(31-2)4-6-23/h3-6,17-21H,7-16H2,1-2H3,(H,26,28). The lowest BCUT2D eigenvalue weighted by atomic mass is 9.48. The first-order valence-electron chi connectivity index (χ1n) is 12.2. The highest BCUT2D eigenvalue weighted by Crippen LogP contribution is 2.61. The van der Waals surface area contributed by atoms with Crippen molar-refractivity contribution in [3.05, 3.63) is 24.3 Å². The molecule has 1 unspecified atom stereocenters. The Morgan fingerprint density at radius 3 is 2.06 bits per heavy atom. The summed E-state index contributed by atoms with van der Waals surface area (Å²) in [5, 5.41) is 3.38. The molecule has 1 amide bonds. The predicted octanol–water partition coefficient (Wildman–Crippen LogP) is 3.82. The number of hydrogen-bond donors (Lipinski definition) is 1. The summed E-state index contributed by atoms with van der Waals surface area (Å²) in [6.07, 6.45) is 9.20. The number of benzene rings is 1. The van der Waals surface area contributed by atoms with Crippen molar-refractivity contribution < 1.29 is 17.9 Å². The van der Waals surface area contributed by atoms with Crippen molar-refractivity contribution in [2.45, 2.75) is 69.2 Å². The third-order valence-corrected chi connectivity index (χ3v) is 10.8. The topological polar surface area (TPSA) is 75.7 Å². The van der Waals surface area contributed by atoms with Crippen LogP contribution in [-0.2, 0) is 14.8 Å². The summed E-state index contributed by atoms with van der Waals surface area (Å²) >= 11 is 0. The minimum atomic E-state index is -3.54. The Morgan fingerprint density at radius 1 is 1.03 bits per heavy atom. The molecule has 1 aromatic carbocycles. The molecule has 5 aliphatic rings. The van der Waals surface area contributed by atoms with Crippen molar-refractivity contribution >= 4 is 15.9 Å². The number of ether oxygens (including phenoxy) is 1. The molecule has 4 bridgehead atoms. The van der Waals surface area contributed by atoms with Gasteiger partial charge in [0.15, 0.2) is 0 Å². The van der Waals surface area contributed by atoms with Gasteiger partial charge in [-0.05, 0) is 106 Å². The van der Waals surface area contributed by atoms with Crippen LogP contribution in [0.1, 0.15) is 58.3 Å². The van der Waals surface area contributed by atoms with Crippen LogP contribution < -0.4 is 10.1 Å². The van der Waals surface area contributed by atoms with Crippen LogP contribution in [0.15, 0.2) is 29.2 Å². The zero-order chi connectivity index (χ0) is 22.5. The smallest absolute Gasteiger partial charge is 0.243 e. The van der Waals surface area contributed by atoms with E-state index in [2.05, 4.69) is 12.2 Å². The predicted molar refractivity (Wildman–Crippen MR) is 123 cm³/mol. The fourth-order valence-electron chi connectivity index (χ4n) is 7.45. The van der Waals surface area contributed by atoms with E-state index in [1.54, 1.807) is 31.4 Å². The van der Waals surface area contributed by atoms with Crippen molar-refractivity contribution in [2.24, 2.45) is 29.1 Å². The number of rotatable bonds is 6. The lowest BCUT2D eigenvalue weighted by Crippen LogP contribution is -2.56. The fourth-order valence-corrected chi connectivity index (χ4v) is 8.92. The minimum Gasteiger partial charge on any atom is -0.497 e. The number of hydrogen-bond acceptors (Lipinski definition) is 4. The SMILES string of the molecule is COc1ccc(S(=O)(=O)N2CCC(C(=O)NC(C)C34CC5CC(CC(C5)C3)C4)CC2)cc1. The average Bonchev–Trinajstić information content (AvgIpc) is 2.78. The number of amides is 1. The molecule has 5 fully saturated rings. The summed E-state index contributed by atoms with van der Waals surface area (Å²) in [7, 11) is -1.98. The Bertz CT molecular complexity index is 915. The Kier molecular flexibility index (Phi) is 5.77. The summed E-state index contributed by atoms with van der Waals surface area (Å²) in [6, 6.07) is 6.71. The summed E-state index contributed by atoms with van der Waals surface area (Å²) < 4.78 is 32.6. The third-order valence-electron chi connectivity index (χ3n) is 8.88. The first-order valence-corrected chi connectivity index (χ1v) is 13.7. The Hall–Kier alpha value is -1.60. The molecule has 1 aliphatic heterocycles. The lowest BCUT2D eigenvalue weighted by molar-refractivity contribution is -0.130. The van der Waals surface area contributed by atoms with E-state index < -0.39 is 10.0 Å². The molecule has 6 nitrogen and oxygen atoms in total. The van der Waals surface area contributed by atoms with Crippen molar-refractivity contribution in [2.75, 3.05) is 20.2 Å². The van der Waals surface area contributed by atoms with E-state index in [1.165, 1.54) is 42.8 Å². The Morgan fingerprint density at radius 2 is 1.56 bits per heavy atom. The monoisotopic (exact) mass is 460 g/mol. The minimum absolute atomic E-state index is 0.103. The Balaban J connectivity index is 1.18. The summed E-state index contributed by atoms with van der Waals surface area (Å²) in [5.74, 6) is 3.25. The van der Waals surface area contributed by atoms with Gasteiger partial charge in [-0.25, -0.2) is 8.42 Å². The molecule has 4 saturated carbocycles. The Labute approximate surface area is 192 Å². The van der Waals surface area contributed by atoms with Crippen LogP contribution in [0.3, 0.4) is 0 Å². The first kappa shape index (κ1) is 22.2. The van der Waals surface area contributed by atoms with Gasteiger partial charge in [0.05, 0.1) is 12.0 Å². The van der Waals surface area contributed by atoms with Crippen molar-refractivity contribution in [3.63, 3.8) is 0 Å². The molecule has 0 radical (unpaired) electrons. The maximum absolute atomic E-state index is 13.1. The highest BCUT2D eigenvalue weighted by Gasteiger charge is 2.53. The molecule has 0 aromatic heterocycles. The van der Waals surface area contributed by atoms with Gasteiger partial charge in [-0.3, -0.25) is 4.79 Å². The van der Waals surface area contributed by atoms with Crippen molar-refractivity contribution in [3.8, 4) is 5.75 Å². The number of carbonyl (C=O) groups excluding carboxylic acids is 1.